The molecule has 1 saturated heterocycles. The lowest BCUT2D eigenvalue weighted by atomic mass is 10.1. The summed E-state index contributed by atoms with van der Waals surface area (Å²) in [5.74, 6) is 0. The lowest BCUT2D eigenvalue weighted by molar-refractivity contribution is -0.110. The van der Waals surface area contributed by atoms with Crippen molar-refractivity contribution >= 4 is 6.41 Å². The summed E-state index contributed by atoms with van der Waals surface area (Å²) in [6.45, 7) is 0.811. The normalized spacial score (nSPS) is 34.2. The summed E-state index contributed by atoms with van der Waals surface area (Å²) in [6, 6.07) is 0.296. The Hall–Kier alpha value is -0.570. The first kappa shape index (κ1) is 6.16. The summed E-state index contributed by atoms with van der Waals surface area (Å²) in [5, 5.41) is 2.79. The Morgan fingerprint density at radius 2 is 2.40 bits per heavy atom. The van der Waals surface area contributed by atoms with Gasteiger partial charge in [0.25, 0.3) is 0 Å². The zero-order valence-electron chi connectivity index (χ0n) is 5.80. The third kappa shape index (κ3) is 0.736. The van der Waals surface area contributed by atoms with Crippen LogP contribution in [-0.2, 0) is 9.53 Å². The SMILES string of the molecule is O=CNC1CCOC12CC2. The molecule has 1 unspecified atom stereocenters. The molecule has 56 valence electrons. The van der Waals surface area contributed by atoms with Gasteiger partial charge in [0.15, 0.2) is 0 Å². The van der Waals surface area contributed by atoms with Gasteiger partial charge in [0.2, 0.25) is 6.41 Å². The van der Waals surface area contributed by atoms with E-state index in [2.05, 4.69) is 5.32 Å². The van der Waals surface area contributed by atoms with Gasteiger partial charge in [-0.05, 0) is 19.3 Å². The summed E-state index contributed by atoms with van der Waals surface area (Å²) in [4.78, 5) is 10.1. The Kier molecular flexibility index (Phi) is 1.20. The first-order valence-corrected chi connectivity index (χ1v) is 3.71. The standard InChI is InChI=1S/C7H11NO2/c9-5-8-6-1-4-10-7(6)2-3-7/h5-6H,1-4H2,(H,8,9). The summed E-state index contributed by atoms with van der Waals surface area (Å²) in [6.07, 6.45) is 4.01. The molecule has 3 heteroatoms. The Labute approximate surface area is 59.7 Å². The third-order valence-electron chi connectivity index (χ3n) is 2.44. The summed E-state index contributed by atoms with van der Waals surface area (Å²) in [5.41, 5.74) is 0.0703. The number of hydrogen-bond acceptors (Lipinski definition) is 2. The van der Waals surface area contributed by atoms with Crippen LogP contribution in [0.1, 0.15) is 19.3 Å². The molecule has 2 fully saturated rings. The molecule has 0 aromatic carbocycles. The van der Waals surface area contributed by atoms with Crippen LogP contribution in [0.25, 0.3) is 0 Å². The van der Waals surface area contributed by atoms with Crippen LogP contribution in [0.2, 0.25) is 0 Å². The fourth-order valence-electron chi connectivity index (χ4n) is 1.68. The minimum atomic E-state index is 0.0703. The van der Waals surface area contributed by atoms with Crippen LogP contribution in [0.5, 0.6) is 0 Å². The van der Waals surface area contributed by atoms with E-state index in [1.807, 2.05) is 0 Å². The topological polar surface area (TPSA) is 38.3 Å². The van der Waals surface area contributed by atoms with Crippen molar-refractivity contribution in [2.24, 2.45) is 0 Å². The Bertz CT molecular complexity index is 154. The van der Waals surface area contributed by atoms with Crippen LogP contribution in [0, 0.1) is 0 Å². The molecule has 1 spiro atoms. The molecule has 0 radical (unpaired) electrons. The smallest absolute Gasteiger partial charge is 0.207 e. The highest BCUT2D eigenvalue weighted by molar-refractivity contribution is 5.47. The van der Waals surface area contributed by atoms with Crippen LogP contribution in [0.15, 0.2) is 0 Å². The molecular weight excluding hydrogens is 130 g/mol. The summed E-state index contributed by atoms with van der Waals surface area (Å²) in [7, 11) is 0. The number of amides is 1. The van der Waals surface area contributed by atoms with Gasteiger partial charge < -0.3 is 10.1 Å². The van der Waals surface area contributed by atoms with E-state index in [0.29, 0.717) is 6.04 Å². The second kappa shape index (κ2) is 1.95. The minimum absolute atomic E-state index is 0.0703. The van der Waals surface area contributed by atoms with E-state index < -0.39 is 0 Å². The number of rotatable bonds is 2. The van der Waals surface area contributed by atoms with Crippen molar-refractivity contribution in [2.75, 3.05) is 6.61 Å². The third-order valence-corrected chi connectivity index (χ3v) is 2.44. The molecule has 1 heterocycles. The highest BCUT2D eigenvalue weighted by Crippen LogP contribution is 2.47. The number of ether oxygens (including phenoxy) is 1. The molecule has 2 aliphatic rings. The number of carbonyl (C=O) groups is 1. The van der Waals surface area contributed by atoms with E-state index in [0.717, 1.165) is 32.3 Å². The van der Waals surface area contributed by atoms with Crippen LogP contribution in [0.4, 0.5) is 0 Å². The lowest BCUT2D eigenvalue weighted by Gasteiger charge is -2.14. The number of hydrogen-bond donors (Lipinski definition) is 1. The minimum Gasteiger partial charge on any atom is -0.373 e. The molecule has 10 heavy (non-hydrogen) atoms. The molecular formula is C7H11NO2. The quantitative estimate of drug-likeness (QED) is 0.552. The Balaban J connectivity index is 2.00. The van der Waals surface area contributed by atoms with Crippen molar-refractivity contribution in [3.63, 3.8) is 0 Å². The average molecular weight is 141 g/mol. The van der Waals surface area contributed by atoms with E-state index in [1.165, 1.54) is 0 Å². The maximum absolute atomic E-state index is 10.1. The van der Waals surface area contributed by atoms with E-state index in [-0.39, 0.29) is 5.60 Å². The van der Waals surface area contributed by atoms with Crippen molar-refractivity contribution in [2.45, 2.75) is 30.9 Å². The predicted octanol–water partition coefficient (Wildman–Crippen LogP) is 0.0539. The molecule has 1 saturated carbocycles. The molecule has 3 nitrogen and oxygen atoms in total. The molecule has 0 bridgehead atoms. The molecule has 1 aliphatic carbocycles. The predicted molar refractivity (Wildman–Crippen MR) is 35.5 cm³/mol. The van der Waals surface area contributed by atoms with Gasteiger partial charge in [-0.1, -0.05) is 0 Å². The van der Waals surface area contributed by atoms with Gasteiger partial charge >= 0.3 is 0 Å². The van der Waals surface area contributed by atoms with Gasteiger partial charge in [-0.25, -0.2) is 0 Å². The van der Waals surface area contributed by atoms with Gasteiger partial charge in [-0.2, -0.15) is 0 Å². The second-order valence-electron chi connectivity index (χ2n) is 3.04. The first-order chi connectivity index (χ1) is 4.87. The van der Waals surface area contributed by atoms with Crippen molar-refractivity contribution in [1.82, 2.24) is 5.32 Å². The molecule has 1 N–H and O–H groups in total. The molecule has 0 aromatic heterocycles. The molecule has 1 aliphatic heterocycles. The summed E-state index contributed by atoms with van der Waals surface area (Å²) >= 11 is 0. The average Bonchev–Trinajstić information content (AvgIpc) is 2.57. The fraction of sp³-hybridized carbons (Fsp3) is 0.857. The highest BCUT2D eigenvalue weighted by atomic mass is 16.5. The first-order valence-electron chi connectivity index (χ1n) is 3.71. The van der Waals surface area contributed by atoms with Crippen LogP contribution in [-0.4, -0.2) is 24.7 Å². The van der Waals surface area contributed by atoms with E-state index in [4.69, 9.17) is 4.74 Å². The molecule has 0 aromatic rings. The van der Waals surface area contributed by atoms with Gasteiger partial charge in [0.05, 0.1) is 11.6 Å². The Morgan fingerprint density at radius 3 is 3.00 bits per heavy atom. The number of carbonyl (C=O) groups excluding carboxylic acids is 1. The van der Waals surface area contributed by atoms with Gasteiger partial charge in [0.1, 0.15) is 0 Å². The molecule has 1 atom stereocenters. The monoisotopic (exact) mass is 141 g/mol. The van der Waals surface area contributed by atoms with Gasteiger partial charge in [-0.3, -0.25) is 4.79 Å². The van der Waals surface area contributed by atoms with Crippen LogP contribution >= 0.6 is 0 Å². The zero-order valence-corrected chi connectivity index (χ0v) is 5.80. The zero-order chi connectivity index (χ0) is 7.03. The Morgan fingerprint density at radius 1 is 1.60 bits per heavy atom. The number of nitrogens with one attached hydrogen (secondary N) is 1. The van der Waals surface area contributed by atoms with Gasteiger partial charge in [-0.15, -0.1) is 0 Å². The van der Waals surface area contributed by atoms with E-state index in [1.54, 1.807) is 0 Å². The van der Waals surface area contributed by atoms with Crippen LogP contribution < -0.4 is 5.32 Å². The van der Waals surface area contributed by atoms with Crippen LogP contribution in [0.3, 0.4) is 0 Å². The molecule has 1 amide bonds. The lowest BCUT2D eigenvalue weighted by Crippen LogP contribution is -2.36. The van der Waals surface area contributed by atoms with Crippen molar-refractivity contribution in [1.29, 1.82) is 0 Å². The van der Waals surface area contributed by atoms with Crippen molar-refractivity contribution in [3.05, 3.63) is 0 Å². The molecule has 2 rings (SSSR count). The fourth-order valence-corrected chi connectivity index (χ4v) is 1.68. The highest BCUT2D eigenvalue weighted by Gasteiger charge is 2.53. The largest absolute Gasteiger partial charge is 0.373 e. The van der Waals surface area contributed by atoms with Gasteiger partial charge in [0, 0.05) is 6.61 Å². The van der Waals surface area contributed by atoms with Crippen molar-refractivity contribution in [3.8, 4) is 0 Å². The maximum atomic E-state index is 10.1. The maximum Gasteiger partial charge on any atom is 0.207 e. The second-order valence-corrected chi connectivity index (χ2v) is 3.04. The van der Waals surface area contributed by atoms with Crippen molar-refractivity contribution < 1.29 is 9.53 Å². The van der Waals surface area contributed by atoms with E-state index in [9.17, 15) is 4.79 Å². The van der Waals surface area contributed by atoms with E-state index >= 15 is 0 Å². The summed E-state index contributed by atoms with van der Waals surface area (Å²) < 4.78 is 5.50.